The highest BCUT2D eigenvalue weighted by molar-refractivity contribution is 7.89. The summed E-state index contributed by atoms with van der Waals surface area (Å²) < 4.78 is 26.3. The second kappa shape index (κ2) is 8.20. The second-order valence-electron chi connectivity index (χ2n) is 4.41. The summed E-state index contributed by atoms with van der Waals surface area (Å²) in [5.74, 6) is 0. The smallest absolute Gasteiger partial charge is 0.243 e. The van der Waals surface area contributed by atoms with Crippen molar-refractivity contribution >= 4 is 33.2 Å². The van der Waals surface area contributed by atoms with Gasteiger partial charge in [0, 0.05) is 13.1 Å². The first kappa shape index (κ1) is 17.7. The maximum absolute atomic E-state index is 12.5. The lowest BCUT2D eigenvalue weighted by molar-refractivity contribution is 0.252. The van der Waals surface area contributed by atoms with Gasteiger partial charge in [-0.25, -0.2) is 8.42 Å². The molecule has 1 aromatic carbocycles. The molecule has 0 aliphatic heterocycles. The first-order valence-corrected chi connectivity index (χ1v) is 8.69. The number of rotatable bonds is 8. The van der Waals surface area contributed by atoms with Gasteiger partial charge in [-0.1, -0.05) is 43.0 Å². The molecule has 0 unspecified atom stereocenters. The molecule has 1 aromatic rings. The lowest BCUT2D eigenvalue weighted by atomic mass is 10.2. The van der Waals surface area contributed by atoms with E-state index < -0.39 is 10.0 Å². The molecular weight excluding hydrogens is 321 g/mol. The Balaban J connectivity index is 2.99. The van der Waals surface area contributed by atoms with Gasteiger partial charge in [0.05, 0.1) is 21.5 Å². The molecule has 0 heterocycles. The molecule has 0 saturated heterocycles. The molecule has 0 atom stereocenters. The number of aliphatic hydroxyl groups is 1. The maximum Gasteiger partial charge on any atom is 0.243 e. The van der Waals surface area contributed by atoms with Crippen molar-refractivity contribution < 1.29 is 13.5 Å². The summed E-state index contributed by atoms with van der Waals surface area (Å²) >= 11 is 11.7. The van der Waals surface area contributed by atoms with Crippen molar-refractivity contribution in [1.82, 2.24) is 4.31 Å². The van der Waals surface area contributed by atoms with Crippen LogP contribution in [0.15, 0.2) is 23.1 Å². The van der Waals surface area contributed by atoms with E-state index in [0.717, 1.165) is 19.3 Å². The molecule has 0 aromatic heterocycles. The molecule has 0 amide bonds. The normalized spacial score (nSPS) is 12.1. The van der Waals surface area contributed by atoms with Crippen molar-refractivity contribution in [3.05, 3.63) is 28.2 Å². The number of sulfonamides is 1. The topological polar surface area (TPSA) is 57.6 Å². The van der Waals surface area contributed by atoms with Gasteiger partial charge in [0.1, 0.15) is 0 Å². The summed E-state index contributed by atoms with van der Waals surface area (Å²) in [5.41, 5.74) is 0. The summed E-state index contributed by atoms with van der Waals surface area (Å²) in [7, 11) is -3.65. The predicted molar refractivity (Wildman–Crippen MR) is 81.8 cm³/mol. The Morgan fingerprint density at radius 3 is 2.40 bits per heavy atom. The summed E-state index contributed by atoms with van der Waals surface area (Å²) in [4.78, 5) is 0.0943. The van der Waals surface area contributed by atoms with Gasteiger partial charge in [-0.3, -0.25) is 0 Å². The van der Waals surface area contributed by atoms with Gasteiger partial charge in [-0.15, -0.1) is 0 Å². The van der Waals surface area contributed by atoms with E-state index in [1.165, 1.54) is 22.5 Å². The lowest BCUT2D eigenvalue weighted by Crippen LogP contribution is -2.34. The number of unbranched alkanes of at least 4 members (excludes halogenated alkanes) is 2. The number of aliphatic hydroxyl groups excluding tert-OH is 1. The van der Waals surface area contributed by atoms with E-state index >= 15 is 0 Å². The molecule has 0 bridgehead atoms. The largest absolute Gasteiger partial charge is 0.395 e. The molecule has 114 valence electrons. The van der Waals surface area contributed by atoms with Crippen LogP contribution >= 0.6 is 23.2 Å². The monoisotopic (exact) mass is 339 g/mol. The molecule has 20 heavy (non-hydrogen) atoms. The van der Waals surface area contributed by atoms with Gasteiger partial charge in [0.25, 0.3) is 0 Å². The zero-order valence-electron chi connectivity index (χ0n) is 11.3. The van der Waals surface area contributed by atoms with Crippen LogP contribution in [0.1, 0.15) is 26.2 Å². The molecule has 4 nitrogen and oxygen atoms in total. The Morgan fingerprint density at radius 2 is 1.85 bits per heavy atom. The van der Waals surface area contributed by atoms with Crippen LogP contribution in [0.4, 0.5) is 0 Å². The third-order valence-electron chi connectivity index (χ3n) is 2.89. The van der Waals surface area contributed by atoms with Crippen molar-refractivity contribution in [2.75, 3.05) is 19.7 Å². The predicted octanol–water partition coefficient (Wildman–Crippen LogP) is 3.17. The minimum atomic E-state index is -3.65. The van der Waals surface area contributed by atoms with Crippen molar-refractivity contribution in [1.29, 1.82) is 0 Å². The zero-order chi connectivity index (χ0) is 15.2. The molecule has 0 saturated carbocycles. The SMILES string of the molecule is CCCCCN(CCO)S(=O)(=O)c1ccc(Cl)c(Cl)c1. The van der Waals surface area contributed by atoms with Crippen molar-refractivity contribution in [3.8, 4) is 0 Å². The van der Waals surface area contributed by atoms with Crippen LogP contribution < -0.4 is 0 Å². The third kappa shape index (κ3) is 4.60. The minimum Gasteiger partial charge on any atom is -0.395 e. The van der Waals surface area contributed by atoms with E-state index in [0.29, 0.717) is 11.6 Å². The Labute approximate surface area is 130 Å². The molecule has 1 rings (SSSR count). The molecule has 0 aliphatic rings. The summed E-state index contributed by atoms with van der Waals surface area (Å²) in [6, 6.07) is 4.22. The van der Waals surface area contributed by atoms with Crippen LogP contribution in [0.2, 0.25) is 10.0 Å². The fourth-order valence-corrected chi connectivity index (χ4v) is 3.65. The van der Waals surface area contributed by atoms with Crippen LogP contribution in [0.5, 0.6) is 0 Å². The Bertz CT molecular complexity index is 534. The Morgan fingerprint density at radius 1 is 1.15 bits per heavy atom. The van der Waals surface area contributed by atoms with Gasteiger partial charge in [0.2, 0.25) is 10.0 Å². The van der Waals surface area contributed by atoms with E-state index in [2.05, 4.69) is 0 Å². The third-order valence-corrected chi connectivity index (χ3v) is 5.52. The molecular formula is C13H19Cl2NO3S. The van der Waals surface area contributed by atoms with Crippen LogP contribution in [-0.2, 0) is 10.0 Å². The van der Waals surface area contributed by atoms with Crippen LogP contribution in [0.3, 0.4) is 0 Å². The Hall–Kier alpha value is -0.330. The zero-order valence-corrected chi connectivity index (χ0v) is 13.7. The lowest BCUT2D eigenvalue weighted by Gasteiger charge is -2.21. The van der Waals surface area contributed by atoms with Crippen molar-refractivity contribution in [2.24, 2.45) is 0 Å². The number of benzene rings is 1. The molecule has 1 N–H and O–H groups in total. The molecule has 0 spiro atoms. The van der Waals surface area contributed by atoms with Gasteiger partial charge < -0.3 is 5.11 Å². The number of halogens is 2. The summed E-state index contributed by atoms with van der Waals surface area (Å²) in [6.45, 7) is 2.29. The number of hydrogen-bond acceptors (Lipinski definition) is 3. The van der Waals surface area contributed by atoms with Crippen LogP contribution in [0.25, 0.3) is 0 Å². The first-order valence-electron chi connectivity index (χ1n) is 6.49. The molecule has 7 heteroatoms. The molecule has 0 radical (unpaired) electrons. The van der Waals surface area contributed by atoms with Gasteiger partial charge in [-0.2, -0.15) is 4.31 Å². The number of hydrogen-bond donors (Lipinski definition) is 1. The average Bonchev–Trinajstić information content (AvgIpc) is 2.41. The summed E-state index contributed by atoms with van der Waals surface area (Å²) in [6.07, 6.45) is 2.70. The standard InChI is InChI=1S/C13H19Cl2NO3S/c1-2-3-4-7-16(8-9-17)20(18,19)11-5-6-12(14)13(15)10-11/h5-6,10,17H,2-4,7-9H2,1H3. The van der Waals surface area contributed by atoms with Crippen molar-refractivity contribution in [2.45, 2.75) is 31.1 Å². The summed E-state index contributed by atoms with van der Waals surface area (Å²) in [5, 5.41) is 9.56. The van der Waals surface area contributed by atoms with E-state index in [4.69, 9.17) is 28.3 Å². The highest BCUT2D eigenvalue weighted by Gasteiger charge is 2.24. The van der Waals surface area contributed by atoms with Crippen LogP contribution in [0, 0.1) is 0 Å². The van der Waals surface area contributed by atoms with Gasteiger partial charge in [-0.05, 0) is 24.6 Å². The van der Waals surface area contributed by atoms with Crippen LogP contribution in [-0.4, -0.2) is 37.5 Å². The van der Waals surface area contributed by atoms with Gasteiger partial charge >= 0.3 is 0 Å². The van der Waals surface area contributed by atoms with E-state index in [-0.39, 0.29) is 23.1 Å². The fourth-order valence-electron chi connectivity index (χ4n) is 1.79. The maximum atomic E-state index is 12.5. The number of nitrogens with zero attached hydrogens (tertiary/aromatic N) is 1. The first-order chi connectivity index (χ1) is 9.43. The highest BCUT2D eigenvalue weighted by atomic mass is 35.5. The average molecular weight is 340 g/mol. The Kier molecular flexibility index (Phi) is 7.26. The van der Waals surface area contributed by atoms with E-state index in [1.54, 1.807) is 0 Å². The molecule has 0 aliphatic carbocycles. The van der Waals surface area contributed by atoms with Gasteiger partial charge in [0.15, 0.2) is 0 Å². The molecule has 0 fully saturated rings. The fraction of sp³-hybridized carbons (Fsp3) is 0.538. The minimum absolute atomic E-state index is 0.0757. The second-order valence-corrected chi connectivity index (χ2v) is 7.16. The van der Waals surface area contributed by atoms with E-state index in [9.17, 15) is 8.42 Å². The van der Waals surface area contributed by atoms with E-state index in [1.807, 2.05) is 6.92 Å². The van der Waals surface area contributed by atoms with Crippen molar-refractivity contribution in [3.63, 3.8) is 0 Å². The highest BCUT2D eigenvalue weighted by Crippen LogP contribution is 2.26. The quantitative estimate of drug-likeness (QED) is 0.740.